The van der Waals surface area contributed by atoms with Crippen molar-refractivity contribution in [3.63, 3.8) is 0 Å². The normalized spacial score (nSPS) is 17.4. The second kappa shape index (κ2) is 7.26. The first-order chi connectivity index (χ1) is 11.2. The Morgan fingerprint density at radius 1 is 1.35 bits per heavy atom. The van der Waals surface area contributed by atoms with E-state index >= 15 is 0 Å². The van der Waals surface area contributed by atoms with Crippen LogP contribution in [0.4, 0.5) is 4.39 Å². The van der Waals surface area contributed by atoms with Crippen molar-refractivity contribution in [3.05, 3.63) is 48.5 Å². The van der Waals surface area contributed by atoms with Crippen LogP contribution in [0.1, 0.15) is 19.3 Å². The number of ether oxygens (including phenoxy) is 1. The molecular formula is C17H20FN3O2. The summed E-state index contributed by atoms with van der Waals surface area (Å²) in [5.74, 6) is 0.377. The fourth-order valence-electron chi connectivity index (χ4n) is 2.91. The quantitative estimate of drug-likeness (QED) is 0.822. The van der Waals surface area contributed by atoms with E-state index in [2.05, 4.69) is 5.10 Å². The van der Waals surface area contributed by atoms with Crippen LogP contribution in [0.15, 0.2) is 42.7 Å². The van der Waals surface area contributed by atoms with Crippen LogP contribution >= 0.6 is 0 Å². The molecule has 0 spiro atoms. The summed E-state index contributed by atoms with van der Waals surface area (Å²) in [6, 6.07) is 7.91. The van der Waals surface area contributed by atoms with Crippen molar-refractivity contribution in [2.75, 3.05) is 13.2 Å². The minimum Gasteiger partial charge on any atom is -0.493 e. The van der Waals surface area contributed by atoms with Crippen LogP contribution in [0, 0.1) is 5.82 Å². The van der Waals surface area contributed by atoms with Crippen molar-refractivity contribution in [2.24, 2.45) is 0 Å². The van der Waals surface area contributed by atoms with Crippen LogP contribution in [-0.4, -0.2) is 39.8 Å². The van der Waals surface area contributed by atoms with Gasteiger partial charge in [0.15, 0.2) is 0 Å². The molecule has 0 bridgehead atoms. The third-order valence-electron chi connectivity index (χ3n) is 4.05. The monoisotopic (exact) mass is 317 g/mol. The summed E-state index contributed by atoms with van der Waals surface area (Å²) in [4.78, 5) is 14.3. The van der Waals surface area contributed by atoms with E-state index in [1.807, 2.05) is 21.8 Å². The van der Waals surface area contributed by atoms with E-state index in [0.29, 0.717) is 18.8 Å². The first-order valence-electron chi connectivity index (χ1n) is 7.87. The average Bonchev–Trinajstić information content (AvgIpc) is 3.21. The molecule has 0 N–H and O–H groups in total. The third-order valence-corrected chi connectivity index (χ3v) is 4.05. The highest BCUT2D eigenvalue weighted by atomic mass is 19.1. The molecule has 0 aliphatic carbocycles. The molecule has 0 radical (unpaired) electrons. The molecule has 1 atom stereocenters. The van der Waals surface area contributed by atoms with Gasteiger partial charge in [-0.1, -0.05) is 0 Å². The first kappa shape index (κ1) is 15.5. The molecule has 1 saturated heterocycles. The van der Waals surface area contributed by atoms with Gasteiger partial charge in [-0.05, 0) is 43.2 Å². The predicted molar refractivity (Wildman–Crippen MR) is 83.5 cm³/mol. The van der Waals surface area contributed by atoms with Crippen LogP contribution in [0.2, 0.25) is 0 Å². The van der Waals surface area contributed by atoms with Crippen LogP contribution < -0.4 is 4.74 Å². The van der Waals surface area contributed by atoms with E-state index in [9.17, 15) is 9.18 Å². The fourth-order valence-corrected chi connectivity index (χ4v) is 2.91. The smallest absolute Gasteiger partial charge is 0.226 e. The number of hydrogen-bond acceptors (Lipinski definition) is 3. The van der Waals surface area contributed by atoms with Crippen molar-refractivity contribution in [1.29, 1.82) is 0 Å². The second-order valence-electron chi connectivity index (χ2n) is 5.66. The van der Waals surface area contributed by atoms with E-state index in [4.69, 9.17) is 4.74 Å². The Labute approximate surface area is 134 Å². The number of halogens is 1. The summed E-state index contributed by atoms with van der Waals surface area (Å²) >= 11 is 0. The van der Waals surface area contributed by atoms with Crippen LogP contribution in [0.25, 0.3) is 0 Å². The lowest BCUT2D eigenvalue weighted by Gasteiger charge is -2.24. The Hall–Kier alpha value is -2.37. The van der Waals surface area contributed by atoms with E-state index in [-0.39, 0.29) is 17.8 Å². The minimum absolute atomic E-state index is 0.0989. The van der Waals surface area contributed by atoms with Gasteiger partial charge >= 0.3 is 0 Å². The van der Waals surface area contributed by atoms with Crippen LogP contribution in [0.3, 0.4) is 0 Å². The number of carbonyl (C=O) groups is 1. The van der Waals surface area contributed by atoms with Gasteiger partial charge in [0.1, 0.15) is 11.6 Å². The number of amides is 1. The van der Waals surface area contributed by atoms with Gasteiger partial charge in [-0.25, -0.2) is 4.39 Å². The zero-order valence-electron chi connectivity index (χ0n) is 12.9. The molecule has 1 aliphatic rings. The molecule has 122 valence electrons. The average molecular weight is 317 g/mol. The summed E-state index contributed by atoms with van der Waals surface area (Å²) < 4.78 is 20.2. The van der Waals surface area contributed by atoms with Crippen molar-refractivity contribution >= 4 is 5.91 Å². The number of carbonyl (C=O) groups excluding carboxylic acids is 1. The first-order valence-corrected chi connectivity index (χ1v) is 7.87. The Morgan fingerprint density at radius 2 is 2.17 bits per heavy atom. The molecule has 1 aromatic carbocycles. The summed E-state index contributed by atoms with van der Waals surface area (Å²) in [6.45, 7) is 1.83. The second-order valence-corrected chi connectivity index (χ2v) is 5.66. The summed E-state index contributed by atoms with van der Waals surface area (Å²) in [6.07, 6.45) is 6.02. The number of benzene rings is 1. The maximum Gasteiger partial charge on any atom is 0.226 e. The largest absolute Gasteiger partial charge is 0.493 e. The molecule has 1 aliphatic heterocycles. The van der Waals surface area contributed by atoms with E-state index in [0.717, 1.165) is 25.9 Å². The van der Waals surface area contributed by atoms with Crippen molar-refractivity contribution in [1.82, 2.24) is 14.7 Å². The molecule has 0 unspecified atom stereocenters. The molecule has 1 amide bonds. The van der Waals surface area contributed by atoms with Gasteiger partial charge in [-0.2, -0.15) is 5.10 Å². The summed E-state index contributed by atoms with van der Waals surface area (Å²) in [7, 11) is 0. The predicted octanol–water partition coefficient (Wildman–Crippen LogP) is 2.48. The molecule has 5 nitrogen and oxygen atoms in total. The number of aromatic nitrogens is 2. The molecule has 1 aromatic heterocycles. The highest BCUT2D eigenvalue weighted by Gasteiger charge is 2.28. The topological polar surface area (TPSA) is 47.4 Å². The lowest BCUT2D eigenvalue weighted by Crippen LogP contribution is -2.38. The third kappa shape index (κ3) is 4.09. The number of nitrogens with zero attached hydrogens (tertiary/aromatic N) is 3. The standard InChI is InChI=1S/C17H20FN3O2/c18-14-4-6-16(7-5-14)23-12-8-17(22)21-11-1-3-15(21)13-20-10-2-9-19-20/h2,4-7,9-10,15H,1,3,8,11-13H2/t15-/m1/s1. The Balaban J connectivity index is 1.48. The lowest BCUT2D eigenvalue weighted by atomic mass is 10.2. The fraction of sp³-hybridized carbons (Fsp3) is 0.412. The molecule has 6 heteroatoms. The number of likely N-dealkylation sites (tertiary alicyclic amines) is 1. The van der Waals surface area contributed by atoms with Gasteiger partial charge in [0.2, 0.25) is 5.91 Å². The highest BCUT2D eigenvalue weighted by molar-refractivity contribution is 5.77. The van der Waals surface area contributed by atoms with Gasteiger partial charge in [-0.3, -0.25) is 9.48 Å². The van der Waals surface area contributed by atoms with Gasteiger partial charge < -0.3 is 9.64 Å². The van der Waals surface area contributed by atoms with Gasteiger partial charge in [0, 0.05) is 18.9 Å². The van der Waals surface area contributed by atoms with Gasteiger partial charge in [-0.15, -0.1) is 0 Å². The van der Waals surface area contributed by atoms with Crippen LogP contribution in [-0.2, 0) is 11.3 Å². The molecular weight excluding hydrogens is 297 g/mol. The number of rotatable bonds is 6. The van der Waals surface area contributed by atoms with Gasteiger partial charge in [0.05, 0.1) is 25.6 Å². The summed E-state index contributed by atoms with van der Waals surface area (Å²) in [5, 5.41) is 4.21. The Morgan fingerprint density at radius 3 is 2.91 bits per heavy atom. The lowest BCUT2D eigenvalue weighted by molar-refractivity contribution is -0.132. The SMILES string of the molecule is O=C(CCOc1ccc(F)cc1)N1CCC[C@@H]1Cn1cccn1. The zero-order valence-corrected chi connectivity index (χ0v) is 12.9. The Bertz CT molecular complexity index is 628. The molecule has 1 fully saturated rings. The maximum absolute atomic E-state index is 12.8. The number of hydrogen-bond donors (Lipinski definition) is 0. The van der Waals surface area contributed by atoms with E-state index in [1.54, 1.807) is 18.3 Å². The van der Waals surface area contributed by atoms with Crippen LogP contribution in [0.5, 0.6) is 5.75 Å². The molecule has 23 heavy (non-hydrogen) atoms. The zero-order chi connectivity index (χ0) is 16.1. The van der Waals surface area contributed by atoms with Crippen molar-refractivity contribution in [2.45, 2.75) is 31.8 Å². The molecule has 2 aromatic rings. The van der Waals surface area contributed by atoms with Gasteiger partial charge in [0.25, 0.3) is 0 Å². The van der Waals surface area contributed by atoms with Crippen molar-refractivity contribution < 1.29 is 13.9 Å². The Kier molecular flexibility index (Phi) is 4.90. The molecule has 0 saturated carbocycles. The van der Waals surface area contributed by atoms with E-state index < -0.39 is 0 Å². The van der Waals surface area contributed by atoms with E-state index in [1.165, 1.54) is 12.1 Å². The summed E-state index contributed by atoms with van der Waals surface area (Å²) in [5.41, 5.74) is 0. The molecule has 2 heterocycles. The minimum atomic E-state index is -0.299. The highest BCUT2D eigenvalue weighted by Crippen LogP contribution is 2.20. The van der Waals surface area contributed by atoms with Crippen molar-refractivity contribution in [3.8, 4) is 5.75 Å². The maximum atomic E-state index is 12.8. The molecule has 3 rings (SSSR count).